The van der Waals surface area contributed by atoms with Crippen molar-refractivity contribution in [2.45, 2.75) is 0 Å². The minimum absolute atomic E-state index is 0.589. The normalized spacial score (nSPS) is 11.1. The molecule has 0 aliphatic heterocycles. The predicted molar refractivity (Wildman–Crippen MR) is 175 cm³/mol. The Bertz CT molecular complexity index is 1440. The Morgan fingerprint density at radius 1 is 0.325 bits per heavy atom. The van der Waals surface area contributed by atoms with Crippen molar-refractivity contribution < 1.29 is 0 Å². The highest BCUT2D eigenvalue weighted by Crippen LogP contribution is 2.35. The van der Waals surface area contributed by atoms with Crippen LogP contribution in [0.1, 0.15) is 11.1 Å². The zero-order valence-electron chi connectivity index (χ0n) is 22.2. The zero-order valence-corrected chi connectivity index (χ0v) is 23.1. The van der Waals surface area contributed by atoms with E-state index in [1.54, 1.807) is 0 Å². The van der Waals surface area contributed by atoms with E-state index in [0.717, 1.165) is 17.1 Å². The lowest BCUT2D eigenvalue weighted by Gasteiger charge is -2.25. The molecule has 6 aromatic carbocycles. The smallest absolute Gasteiger partial charge is 0.0462 e. The second kappa shape index (κ2) is 12.4. The fourth-order valence-corrected chi connectivity index (χ4v) is 7.15. The number of anilines is 3. The van der Waals surface area contributed by atoms with Crippen LogP contribution in [0.3, 0.4) is 0 Å². The average molecular weight is 532 g/mol. The van der Waals surface area contributed by atoms with E-state index in [0.29, 0.717) is 0 Å². The fraction of sp³-hybridized carbons (Fsp3) is 0. The van der Waals surface area contributed by atoms with E-state index in [1.807, 2.05) is 0 Å². The van der Waals surface area contributed by atoms with Crippen molar-refractivity contribution in [3.05, 3.63) is 181 Å². The maximum Gasteiger partial charge on any atom is 0.0462 e. The molecule has 0 fully saturated rings. The molecule has 0 saturated heterocycles. The van der Waals surface area contributed by atoms with Gasteiger partial charge in [-0.2, -0.15) is 0 Å². The third-order valence-corrected chi connectivity index (χ3v) is 9.27. The first-order valence-corrected chi connectivity index (χ1v) is 14.9. The SMILES string of the molecule is C(=Cc1ccc(P(c2ccccc2)c2ccccc2)cc1)c1ccc(N(c2ccccc2)c2ccccc2)cc1. The maximum absolute atomic E-state index is 2.28. The van der Waals surface area contributed by atoms with Crippen LogP contribution in [0.4, 0.5) is 17.1 Å². The standard InChI is InChI=1S/C38H30NP/c1-5-13-33(14-6-1)39(34-15-7-2-8-16-34)35-27-23-31(24-28-35)21-22-32-25-29-38(30-26-32)40(36-17-9-3-10-18-36)37-19-11-4-12-20-37/h1-30H. The minimum atomic E-state index is -0.589. The molecule has 0 radical (unpaired) electrons. The molecule has 0 unspecified atom stereocenters. The summed E-state index contributed by atoms with van der Waals surface area (Å²) in [6.07, 6.45) is 4.38. The van der Waals surface area contributed by atoms with E-state index < -0.39 is 7.92 Å². The molecule has 0 bridgehead atoms. The molecule has 6 aromatic rings. The van der Waals surface area contributed by atoms with Crippen LogP contribution in [0.25, 0.3) is 12.2 Å². The summed E-state index contributed by atoms with van der Waals surface area (Å²) in [5.41, 5.74) is 5.78. The van der Waals surface area contributed by atoms with Gasteiger partial charge < -0.3 is 4.90 Å². The van der Waals surface area contributed by atoms with Crippen molar-refractivity contribution >= 4 is 53.0 Å². The van der Waals surface area contributed by atoms with E-state index in [4.69, 9.17) is 0 Å². The number of benzene rings is 6. The molecule has 0 aliphatic rings. The van der Waals surface area contributed by atoms with Gasteiger partial charge in [-0.05, 0) is 71.4 Å². The van der Waals surface area contributed by atoms with E-state index in [-0.39, 0.29) is 0 Å². The van der Waals surface area contributed by atoms with Gasteiger partial charge in [0.05, 0.1) is 0 Å². The van der Waals surface area contributed by atoms with Gasteiger partial charge in [0.15, 0.2) is 0 Å². The first-order valence-electron chi connectivity index (χ1n) is 13.5. The van der Waals surface area contributed by atoms with Gasteiger partial charge in [-0.1, -0.05) is 146 Å². The monoisotopic (exact) mass is 531 g/mol. The van der Waals surface area contributed by atoms with Gasteiger partial charge in [-0.15, -0.1) is 0 Å². The highest BCUT2D eigenvalue weighted by atomic mass is 31.1. The highest BCUT2D eigenvalue weighted by molar-refractivity contribution is 7.79. The lowest BCUT2D eigenvalue weighted by molar-refractivity contribution is 1.28. The molecule has 0 amide bonds. The van der Waals surface area contributed by atoms with Crippen molar-refractivity contribution in [3.8, 4) is 0 Å². The lowest BCUT2D eigenvalue weighted by atomic mass is 10.1. The van der Waals surface area contributed by atoms with Crippen LogP contribution < -0.4 is 20.8 Å². The van der Waals surface area contributed by atoms with Crippen LogP contribution >= 0.6 is 7.92 Å². The van der Waals surface area contributed by atoms with Crippen LogP contribution in [-0.2, 0) is 0 Å². The molecule has 0 spiro atoms. The third-order valence-electron chi connectivity index (χ3n) is 6.83. The van der Waals surface area contributed by atoms with Gasteiger partial charge >= 0.3 is 0 Å². The van der Waals surface area contributed by atoms with Crippen molar-refractivity contribution in [3.63, 3.8) is 0 Å². The Morgan fingerprint density at radius 2 is 0.650 bits per heavy atom. The number of nitrogens with zero attached hydrogens (tertiary/aromatic N) is 1. The Kier molecular flexibility index (Phi) is 7.94. The lowest BCUT2D eigenvalue weighted by Crippen LogP contribution is -2.20. The quantitative estimate of drug-likeness (QED) is 0.140. The molecule has 0 atom stereocenters. The molecule has 192 valence electrons. The maximum atomic E-state index is 2.28. The number of hydrogen-bond donors (Lipinski definition) is 0. The first kappa shape index (κ1) is 25.6. The molecule has 0 saturated carbocycles. The molecule has 0 aromatic heterocycles. The molecule has 0 N–H and O–H groups in total. The summed E-state index contributed by atoms with van der Waals surface area (Å²) in [6.45, 7) is 0. The average Bonchev–Trinajstić information content (AvgIpc) is 3.04. The van der Waals surface area contributed by atoms with Crippen LogP contribution in [0, 0.1) is 0 Å². The van der Waals surface area contributed by atoms with Gasteiger partial charge in [0.2, 0.25) is 0 Å². The molecule has 40 heavy (non-hydrogen) atoms. The summed E-state index contributed by atoms with van der Waals surface area (Å²) in [7, 11) is -0.589. The Hall–Kier alpha value is -4.71. The van der Waals surface area contributed by atoms with Crippen LogP contribution in [-0.4, -0.2) is 0 Å². The zero-order chi connectivity index (χ0) is 27.0. The van der Waals surface area contributed by atoms with Gasteiger partial charge in [-0.25, -0.2) is 0 Å². The Labute approximate surface area is 238 Å². The third kappa shape index (κ3) is 5.96. The second-order valence-corrected chi connectivity index (χ2v) is 11.7. The fourth-order valence-electron chi connectivity index (χ4n) is 4.86. The first-order chi connectivity index (χ1) is 19.8. The van der Waals surface area contributed by atoms with Crippen LogP contribution in [0.5, 0.6) is 0 Å². The minimum Gasteiger partial charge on any atom is -0.311 e. The Morgan fingerprint density at radius 3 is 1.07 bits per heavy atom. The number of para-hydroxylation sites is 2. The summed E-state index contributed by atoms with van der Waals surface area (Å²) >= 11 is 0. The highest BCUT2D eigenvalue weighted by Gasteiger charge is 2.16. The van der Waals surface area contributed by atoms with Crippen LogP contribution in [0.2, 0.25) is 0 Å². The summed E-state index contributed by atoms with van der Waals surface area (Å²) in [4.78, 5) is 2.28. The number of hydrogen-bond acceptors (Lipinski definition) is 1. The van der Waals surface area contributed by atoms with E-state index in [9.17, 15) is 0 Å². The van der Waals surface area contributed by atoms with Crippen molar-refractivity contribution in [1.29, 1.82) is 0 Å². The van der Waals surface area contributed by atoms with Crippen LogP contribution in [0.15, 0.2) is 170 Å². The molecule has 0 aliphatic carbocycles. The summed E-state index contributed by atoms with van der Waals surface area (Å²) in [5.74, 6) is 0. The number of rotatable bonds is 8. The van der Waals surface area contributed by atoms with E-state index in [2.05, 4.69) is 187 Å². The van der Waals surface area contributed by atoms with Crippen molar-refractivity contribution in [2.24, 2.45) is 0 Å². The molecular formula is C38H30NP. The molecule has 6 rings (SSSR count). The predicted octanol–water partition coefficient (Wildman–Crippen LogP) is 9.09. The van der Waals surface area contributed by atoms with Crippen molar-refractivity contribution in [1.82, 2.24) is 0 Å². The van der Waals surface area contributed by atoms with Gasteiger partial charge in [-0.3, -0.25) is 0 Å². The Balaban J connectivity index is 1.22. The van der Waals surface area contributed by atoms with Gasteiger partial charge in [0.1, 0.15) is 0 Å². The molecule has 1 nitrogen and oxygen atoms in total. The molecule has 2 heteroatoms. The summed E-state index contributed by atoms with van der Waals surface area (Å²) in [6, 6.07) is 60.5. The van der Waals surface area contributed by atoms with Gasteiger partial charge in [0, 0.05) is 17.1 Å². The van der Waals surface area contributed by atoms with E-state index >= 15 is 0 Å². The molecular weight excluding hydrogens is 501 g/mol. The van der Waals surface area contributed by atoms with E-state index in [1.165, 1.54) is 27.0 Å². The summed E-state index contributed by atoms with van der Waals surface area (Å²) < 4.78 is 0. The van der Waals surface area contributed by atoms with Gasteiger partial charge in [0.25, 0.3) is 0 Å². The topological polar surface area (TPSA) is 3.24 Å². The van der Waals surface area contributed by atoms with Crippen molar-refractivity contribution in [2.75, 3.05) is 4.90 Å². The largest absolute Gasteiger partial charge is 0.311 e. The summed E-state index contributed by atoms with van der Waals surface area (Å²) in [5, 5.41) is 4.09. The molecule has 0 heterocycles. The second-order valence-electron chi connectivity index (χ2n) is 9.53.